The van der Waals surface area contributed by atoms with Crippen LogP contribution in [0.3, 0.4) is 0 Å². The van der Waals surface area contributed by atoms with E-state index in [0.29, 0.717) is 6.54 Å². The number of hydrogen-bond acceptors (Lipinski definition) is 3. The molecule has 0 saturated heterocycles. The second kappa shape index (κ2) is 8.72. The number of benzene rings is 2. The summed E-state index contributed by atoms with van der Waals surface area (Å²) in [5.74, 6) is 0.916. The Kier molecular flexibility index (Phi) is 5.69. The van der Waals surface area contributed by atoms with Crippen molar-refractivity contribution in [3.63, 3.8) is 0 Å². The minimum absolute atomic E-state index is 0.107. The van der Waals surface area contributed by atoms with E-state index in [-0.39, 0.29) is 18.5 Å². The van der Waals surface area contributed by atoms with Crippen molar-refractivity contribution in [1.29, 1.82) is 0 Å². The lowest BCUT2D eigenvalue weighted by atomic mass is 9.99. The molecule has 1 amide bonds. The molecule has 2 heterocycles. The first kappa shape index (κ1) is 18.3. The molecule has 4 rings (SSSR count). The summed E-state index contributed by atoms with van der Waals surface area (Å²) in [7, 11) is 0. The highest BCUT2D eigenvalue weighted by Gasteiger charge is 2.21. The second-order valence-corrected chi connectivity index (χ2v) is 6.93. The molecule has 2 aromatic carbocycles. The Balaban J connectivity index is 1.39. The zero-order valence-electron chi connectivity index (χ0n) is 15.8. The fourth-order valence-corrected chi connectivity index (χ4v) is 3.59. The zero-order chi connectivity index (χ0) is 19.2. The average molecular weight is 372 g/mol. The van der Waals surface area contributed by atoms with E-state index in [1.165, 1.54) is 11.1 Å². The average Bonchev–Trinajstić information content (AvgIpc) is 3.30. The Morgan fingerprint density at radius 2 is 1.75 bits per heavy atom. The third-order valence-corrected chi connectivity index (χ3v) is 5.12. The number of nitrogens with one attached hydrogen (secondary N) is 1. The number of furan rings is 1. The molecule has 1 atom stereocenters. The van der Waals surface area contributed by atoms with E-state index in [0.717, 1.165) is 24.3 Å². The summed E-state index contributed by atoms with van der Waals surface area (Å²) in [4.78, 5) is 14.7. The lowest BCUT2D eigenvalue weighted by Gasteiger charge is -2.27. The van der Waals surface area contributed by atoms with Crippen molar-refractivity contribution >= 4 is 11.5 Å². The van der Waals surface area contributed by atoms with Gasteiger partial charge >= 0.3 is 0 Å². The maximum Gasteiger partial charge on any atom is 0.236 e. The first-order chi connectivity index (χ1) is 13.8. The van der Waals surface area contributed by atoms with Gasteiger partial charge in [0.2, 0.25) is 5.91 Å². The molecule has 0 bridgehead atoms. The minimum Gasteiger partial charge on any atom is -0.467 e. The largest absolute Gasteiger partial charge is 0.467 e. The molecular formula is C24H24N2O2. The molecule has 28 heavy (non-hydrogen) atoms. The highest BCUT2D eigenvalue weighted by atomic mass is 16.3. The fourth-order valence-electron chi connectivity index (χ4n) is 3.59. The molecule has 1 N–H and O–H groups in total. The van der Waals surface area contributed by atoms with Crippen LogP contribution >= 0.6 is 0 Å². The van der Waals surface area contributed by atoms with E-state index >= 15 is 0 Å². The van der Waals surface area contributed by atoms with Crippen molar-refractivity contribution in [1.82, 2.24) is 10.2 Å². The maximum atomic E-state index is 12.8. The van der Waals surface area contributed by atoms with E-state index in [4.69, 9.17) is 4.42 Å². The Labute approximate surface area is 165 Å². The summed E-state index contributed by atoms with van der Waals surface area (Å²) in [6, 6.07) is 24.1. The molecule has 1 aliphatic heterocycles. The topological polar surface area (TPSA) is 45.5 Å². The van der Waals surface area contributed by atoms with Crippen molar-refractivity contribution in [2.24, 2.45) is 0 Å². The van der Waals surface area contributed by atoms with Crippen molar-refractivity contribution < 1.29 is 9.21 Å². The van der Waals surface area contributed by atoms with Crippen molar-refractivity contribution in [3.05, 3.63) is 102 Å². The predicted molar refractivity (Wildman–Crippen MR) is 111 cm³/mol. The minimum atomic E-state index is -0.139. The van der Waals surface area contributed by atoms with Crippen LogP contribution in [0.15, 0.2) is 89.6 Å². The summed E-state index contributed by atoms with van der Waals surface area (Å²) in [6.07, 6.45) is 4.71. The summed E-state index contributed by atoms with van der Waals surface area (Å²) in [6.45, 7) is 1.67. The molecule has 4 nitrogen and oxygen atoms in total. The van der Waals surface area contributed by atoms with Crippen molar-refractivity contribution in [2.75, 3.05) is 19.6 Å². The first-order valence-corrected chi connectivity index (χ1v) is 9.65. The molecule has 0 radical (unpaired) electrons. The lowest BCUT2D eigenvalue weighted by Crippen LogP contribution is -2.41. The van der Waals surface area contributed by atoms with E-state index in [2.05, 4.69) is 35.7 Å². The van der Waals surface area contributed by atoms with Gasteiger partial charge in [-0.05, 0) is 35.3 Å². The van der Waals surface area contributed by atoms with Crippen molar-refractivity contribution in [2.45, 2.75) is 12.5 Å². The van der Waals surface area contributed by atoms with Gasteiger partial charge in [0.15, 0.2) is 0 Å². The third-order valence-electron chi connectivity index (χ3n) is 5.12. The summed E-state index contributed by atoms with van der Waals surface area (Å²) in [5.41, 5.74) is 3.64. The monoisotopic (exact) mass is 372 g/mol. The van der Waals surface area contributed by atoms with Crippen LogP contribution in [0.5, 0.6) is 0 Å². The van der Waals surface area contributed by atoms with Crippen LogP contribution in [0.1, 0.15) is 29.3 Å². The van der Waals surface area contributed by atoms with Gasteiger partial charge < -0.3 is 9.32 Å². The predicted octanol–water partition coefficient (Wildman–Crippen LogP) is 4.27. The molecule has 0 aliphatic carbocycles. The van der Waals surface area contributed by atoms with Crippen LogP contribution in [0.4, 0.5) is 0 Å². The van der Waals surface area contributed by atoms with Gasteiger partial charge in [0.05, 0.1) is 18.8 Å². The van der Waals surface area contributed by atoms with Gasteiger partial charge in [0.1, 0.15) is 5.76 Å². The Morgan fingerprint density at radius 3 is 2.39 bits per heavy atom. The third kappa shape index (κ3) is 4.24. The normalized spacial score (nSPS) is 15.1. The van der Waals surface area contributed by atoms with Gasteiger partial charge in [-0.25, -0.2) is 0 Å². The molecule has 0 fully saturated rings. The van der Waals surface area contributed by atoms with Crippen LogP contribution in [0.25, 0.3) is 5.57 Å². The highest BCUT2D eigenvalue weighted by Crippen LogP contribution is 2.23. The SMILES string of the molecule is O=C(CN[C@@H](c1ccccc1)c1ccco1)N1CC=C(c2ccccc2)CC1. The van der Waals surface area contributed by atoms with E-state index in [1.54, 1.807) is 6.26 Å². The van der Waals surface area contributed by atoms with Crippen molar-refractivity contribution in [3.8, 4) is 0 Å². The van der Waals surface area contributed by atoms with E-state index in [1.807, 2.05) is 53.4 Å². The number of nitrogens with zero attached hydrogens (tertiary/aromatic N) is 1. The zero-order valence-corrected chi connectivity index (χ0v) is 15.8. The highest BCUT2D eigenvalue weighted by molar-refractivity contribution is 5.80. The Morgan fingerprint density at radius 1 is 1.00 bits per heavy atom. The molecule has 0 unspecified atom stereocenters. The number of rotatable bonds is 6. The number of carbonyl (C=O) groups is 1. The smallest absolute Gasteiger partial charge is 0.236 e. The molecular weight excluding hydrogens is 348 g/mol. The summed E-state index contributed by atoms with van der Waals surface area (Å²) in [5, 5.41) is 3.37. The lowest BCUT2D eigenvalue weighted by molar-refractivity contribution is -0.129. The quantitative estimate of drug-likeness (QED) is 0.703. The van der Waals surface area contributed by atoms with Gasteiger partial charge in [-0.3, -0.25) is 10.1 Å². The molecule has 4 heteroatoms. The molecule has 1 aromatic heterocycles. The van der Waals surface area contributed by atoms with Gasteiger partial charge in [-0.2, -0.15) is 0 Å². The summed E-state index contributed by atoms with van der Waals surface area (Å²) < 4.78 is 5.59. The van der Waals surface area contributed by atoms with Gasteiger partial charge in [0, 0.05) is 13.1 Å². The van der Waals surface area contributed by atoms with Gasteiger partial charge in [0.25, 0.3) is 0 Å². The van der Waals surface area contributed by atoms with Gasteiger partial charge in [-0.15, -0.1) is 0 Å². The van der Waals surface area contributed by atoms with Crippen LogP contribution in [-0.2, 0) is 4.79 Å². The molecule has 3 aromatic rings. The van der Waals surface area contributed by atoms with Crippen LogP contribution in [0, 0.1) is 0 Å². The Hall–Kier alpha value is -3.11. The van der Waals surface area contributed by atoms with Crippen LogP contribution in [0.2, 0.25) is 0 Å². The number of amides is 1. The standard InChI is InChI=1S/C24H24N2O2/c27-23(26-15-13-20(14-16-26)19-8-3-1-4-9-19)18-25-24(22-12-7-17-28-22)21-10-5-2-6-11-21/h1-13,17,24-25H,14-16,18H2/t24-/m0/s1. The first-order valence-electron chi connectivity index (χ1n) is 9.65. The molecule has 0 saturated carbocycles. The maximum absolute atomic E-state index is 12.8. The van der Waals surface area contributed by atoms with E-state index < -0.39 is 0 Å². The Bertz CT molecular complexity index is 918. The van der Waals surface area contributed by atoms with Crippen LogP contribution in [-0.4, -0.2) is 30.4 Å². The van der Waals surface area contributed by atoms with Crippen LogP contribution < -0.4 is 5.32 Å². The second-order valence-electron chi connectivity index (χ2n) is 6.93. The number of carbonyl (C=O) groups excluding carboxylic acids is 1. The van der Waals surface area contributed by atoms with E-state index in [9.17, 15) is 4.79 Å². The molecule has 0 spiro atoms. The molecule has 142 valence electrons. The fraction of sp³-hybridized carbons (Fsp3) is 0.208. The summed E-state index contributed by atoms with van der Waals surface area (Å²) >= 11 is 0. The molecule has 1 aliphatic rings. The van der Waals surface area contributed by atoms with Gasteiger partial charge in [-0.1, -0.05) is 66.7 Å². The number of hydrogen-bond donors (Lipinski definition) is 1.